The molecule has 2 atom stereocenters. The highest BCUT2D eigenvalue weighted by Crippen LogP contribution is 2.32. The fourth-order valence-corrected chi connectivity index (χ4v) is 4.86. The smallest absolute Gasteiger partial charge is 0.160 e. The van der Waals surface area contributed by atoms with Gasteiger partial charge < -0.3 is 9.47 Å². The zero-order chi connectivity index (χ0) is 14.2. The number of likely N-dealkylation sites (tertiary alicyclic amines) is 1. The number of thioether (sulfide) groups is 1. The largest absolute Gasteiger partial charge is 0.311 e. The molecule has 0 spiro atoms. The van der Waals surface area contributed by atoms with Gasteiger partial charge in [0.05, 0.1) is 0 Å². The molecule has 0 aliphatic carbocycles. The zero-order valence-electron chi connectivity index (χ0n) is 12.5. The van der Waals surface area contributed by atoms with E-state index >= 15 is 0 Å². The topological polar surface area (TPSA) is 34.0 Å². The van der Waals surface area contributed by atoms with Gasteiger partial charge in [0.25, 0.3) is 0 Å². The molecule has 0 bridgehead atoms. The van der Waals surface area contributed by atoms with Crippen molar-refractivity contribution in [1.29, 1.82) is 0 Å². The van der Waals surface area contributed by atoms with Crippen molar-refractivity contribution in [2.45, 2.75) is 37.0 Å². The minimum atomic E-state index is 0.565. The maximum Gasteiger partial charge on any atom is 0.160 e. The van der Waals surface area contributed by atoms with Gasteiger partial charge in [-0.25, -0.2) is 9.97 Å². The molecule has 112 valence electrons. The summed E-state index contributed by atoms with van der Waals surface area (Å²) in [5, 5.41) is 0.738. The average molecular weight is 302 g/mol. The molecule has 2 fully saturated rings. The Bertz CT molecular complexity index is 632. The molecule has 2 unspecified atom stereocenters. The summed E-state index contributed by atoms with van der Waals surface area (Å²) < 4.78 is 2.42. The minimum Gasteiger partial charge on any atom is -0.311 e. The lowest BCUT2D eigenvalue weighted by atomic mass is 10.1. The Morgan fingerprint density at radius 1 is 1.38 bits per heavy atom. The standard InChI is InChI=1S/C16H22N4S/c1-19-8-6-12(10-19)15-18-14-5-2-7-17-16(14)20(15)11-13-4-3-9-21-13/h2,5,7,12-13H,3-4,6,8-11H2,1H3. The van der Waals surface area contributed by atoms with Crippen LogP contribution in [0.1, 0.15) is 31.0 Å². The molecule has 0 aromatic carbocycles. The highest BCUT2D eigenvalue weighted by molar-refractivity contribution is 8.00. The summed E-state index contributed by atoms with van der Waals surface area (Å²) in [6, 6.07) is 4.09. The molecule has 0 radical (unpaired) electrons. The van der Waals surface area contributed by atoms with Crippen LogP contribution in [0.4, 0.5) is 0 Å². The van der Waals surface area contributed by atoms with Crippen LogP contribution in [0.5, 0.6) is 0 Å². The molecule has 4 heterocycles. The second kappa shape index (κ2) is 5.61. The first-order chi connectivity index (χ1) is 10.3. The number of nitrogens with zero attached hydrogens (tertiary/aromatic N) is 4. The van der Waals surface area contributed by atoms with Gasteiger partial charge in [-0.15, -0.1) is 0 Å². The lowest BCUT2D eigenvalue weighted by Gasteiger charge is -2.16. The fourth-order valence-electron chi connectivity index (χ4n) is 3.61. The molecule has 0 saturated carbocycles. The summed E-state index contributed by atoms with van der Waals surface area (Å²) in [6.07, 6.45) is 5.81. The van der Waals surface area contributed by atoms with E-state index in [1.807, 2.05) is 12.3 Å². The molecule has 2 aliphatic heterocycles. The highest BCUT2D eigenvalue weighted by Gasteiger charge is 2.28. The second-order valence-corrected chi connectivity index (χ2v) is 7.72. The van der Waals surface area contributed by atoms with Gasteiger partial charge in [-0.2, -0.15) is 11.8 Å². The van der Waals surface area contributed by atoms with Gasteiger partial charge in [-0.1, -0.05) is 0 Å². The van der Waals surface area contributed by atoms with E-state index in [2.05, 4.69) is 39.3 Å². The van der Waals surface area contributed by atoms with Crippen molar-refractivity contribution >= 4 is 22.9 Å². The van der Waals surface area contributed by atoms with Crippen molar-refractivity contribution in [3.05, 3.63) is 24.2 Å². The van der Waals surface area contributed by atoms with Gasteiger partial charge in [0.1, 0.15) is 11.3 Å². The maximum atomic E-state index is 4.94. The highest BCUT2D eigenvalue weighted by atomic mass is 32.2. The van der Waals surface area contributed by atoms with Crippen molar-refractivity contribution in [3.63, 3.8) is 0 Å². The number of hydrogen-bond acceptors (Lipinski definition) is 4. The normalized spacial score (nSPS) is 26.9. The van der Waals surface area contributed by atoms with Crippen LogP contribution in [0.15, 0.2) is 18.3 Å². The van der Waals surface area contributed by atoms with Crippen LogP contribution in [-0.2, 0) is 6.54 Å². The molecule has 2 saturated heterocycles. The lowest BCUT2D eigenvalue weighted by molar-refractivity contribution is 0.407. The van der Waals surface area contributed by atoms with Crippen molar-refractivity contribution in [2.24, 2.45) is 0 Å². The summed E-state index contributed by atoms with van der Waals surface area (Å²) >= 11 is 2.11. The van der Waals surface area contributed by atoms with E-state index in [1.165, 1.54) is 37.4 Å². The second-order valence-electron chi connectivity index (χ2n) is 6.31. The molecule has 2 aliphatic rings. The third kappa shape index (κ3) is 2.57. The molecule has 4 rings (SSSR count). The van der Waals surface area contributed by atoms with Gasteiger partial charge in [-0.3, -0.25) is 0 Å². The Morgan fingerprint density at radius 2 is 2.33 bits per heavy atom. The number of aromatic nitrogens is 3. The molecule has 5 heteroatoms. The number of fused-ring (bicyclic) bond motifs is 1. The van der Waals surface area contributed by atoms with Gasteiger partial charge in [-0.05, 0) is 50.7 Å². The maximum absolute atomic E-state index is 4.94. The van der Waals surface area contributed by atoms with E-state index < -0.39 is 0 Å². The van der Waals surface area contributed by atoms with Crippen LogP contribution in [-0.4, -0.2) is 50.6 Å². The number of likely N-dealkylation sites (N-methyl/N-ethyl adjacent to an activating group) is 1. The summed E-state index contributed by atoms with van der Waals surface area (Å²) in [4.78, 5) is 12.0. The molecule has 0 N–H and O–H groups in total. The van der Waals surface area contributed by atoms with Crippen molar-refractivity contribution < 1.29 is 0 Å². The van der Waals surface area contributed by atoms with Gasteiger partial charge in [0, 0.05) is 30.5 Å². The van der Waals surface area contributed by atoms with E-state index in [0.717, 1.165) is 29.5 Å². The van der Waals surface area contributed by atoms with Crippen LogP contribution < -0.4 is 0 Å². The third-order valence-corrected chi connectivity index (χ3v) is 6.08. The first-order valence-electron chi connectivity index (χ1n) is 7.92. The summed E-state index contributed by atoms with van der Waals surface area (Å²) in [7, 11) is 2.21. The molecular formula is C16H22N4S. The van der Waals surface area contributed by atoms with Crippen LogP contribution in [0.2, 0.25) is 0 Å². The van der Waals surface area contributed by atoms with E-state index in [0.29, 0.717) is 5.92 Å². The Morgan fingerprint density at radius 3 is 3.10 bits per heavy atom. The van der Waals surface area contributed by atoms with Crippen LogP contribution >= 0.6 is 11.8 Å². The van der Waals surface area contributed by atoms with Crippen LogP contribution in [0, 0.1) is 0 Å². The van der Waals surface area contributed by atoms with Crippen LogP contribution in [0.25, 0.3) is 11.2 Å². The Labute approximate surface area is 129 Å². The molecule has 21 heavy (non-hydrogen) atoms. The molecule has 2 aromatic heterocycles. The van der Waals surface area contributed by atoms with E-state index in [-0.39, 0.29) is 0 Å². The van der Waals surface area contributed by atoms with Crippen molar-refractivity contribution in [3.8, 4) is 0 Å². The van der Waals surface area contributed by atoms with Gasteiger partial charge >= 0.3 is 0 Å². The molecule has 0 amide bonds. The average Bonchev–Trinajstić information content (AvgIpc) is 3.20. The lowest BCUT2D eigenvalue weighted by Crippen LogP contribution is -2.18. The molecule has 2 aromatic rings. The quantitative estimate of drug-likeness (QED) is 0.873. The fraction of sp³-hybridized carbons (Fsp3) is 0.625. The van der Waals surface area contributed by atoms with E-state index in [9.17, 15) is 0 Å². The molecule has 4 nitrogen and oxygen atoms in total. The number of pyridine rings is 1. The van der Waals surface area contributed by atoms with Crippen molar-refractivity contribution in [1.82, 2.24) is 19.4 Å². The number of imidazole rings is 1. The predicted octanol–water partition coefficient (Wildman–Crippen LogP) is 2.75. The van der Waals surface area contributed by atoms with Gasteiger partial charge in [0.2, 0.25) is 0 Å². The SMILES string of the molecule is CN1CCC(c2nc3cccnc3n2CC2CCCS2)C1. The minimum absolute atomic E-state index is 0.565. The zero-order valence-corrected chi connectivity index (χ0v) is 13.4. The summed E-state index contributed by atoms with van der Waals surface area (Å²) in [5.41, 5.74) is 2.14. The molecular weight excluding hydrogens is 280 g/mol. The Hall–Kier alpha value is -1.07. The first-order valence-corrected chi connectivity index (χ1v) is 8.97. The van der Waals surface area contributed by atoms with Gasteiger partial charge in [0.15, 0.2) is 5.65 Å². The first kappa shape index (κ1) is 13.6. The number of hydrogen-bond donors (Lipinski definition) is 0. The van der Waals surface area contributed by atoms with Crippen LogP contribution in [0.3, 0.4) is 0 Å². The summed E-state index contributed by atoms with van der Waals surface area (Å²) in [5.74, 6) is 3.14. The van der Waals surface area contributed by atoms with E-state index in [4.69, 9.17) is 4.98 Å². The summed E-state index contributed by atoms with van der Waals surface area (Å²) in [6.45, 7) is 3.38. The Kier molecular flexibility index (Phi) is 3.63. The predicted molar refractivity (Wildman–Crippen MR) is 87.9 cm³/mol. The number of rotatable bonds is 3. The van der Waals surface area contributed by atoms with Crippen molar-refractivity contribution in [2.75, 3.05) is 25.9 Å². The monoisotopic (exact) mass is 302 g/mol. The van der Waals surface area contributed by atoms with E-state index in [1.54, 1.807) is 0 Å². The Balaban J connectivity index is 1.73. The third-order valence-electron chi connectivity index (χ3n) is 4.70.